The van der Waals surface area contributed by atoms with E-state index < -0.39 is 17.8 Å². The maximum absolute atomic E-state index is 12.9. The van der Waals surface area contributed by atoms with E-state index in [0.29, 0.717) is 41.6 Å². The first kappa shape index (κ1) is 20.2. The van der Waals surface area contributed by atoms with Crippen molar-refractivity contribution in [3.63, 3.8) is 0 Å². The number of anilines is 1. The third-order valence-corrected chi connectivity index (χ3v) is 5.11. The zero-order chi connectivity index (χ0) is 21.3. The van der Waals surface area contributed by atoms with Crippen LogP contribution in [-0.4, -0.2) is 51.0 Å². The lowest BCUT2D eigenvalue weighted by molar-refractivity contribution is -0.137. The fourth-order valence-corrected chi connectivity index (χ4v) is 3.42. The van der Waals surface area contributed by atoms with Crippen LogP contribution in [0.1, 0.15) is 5.56 Å². The maximum atomic E-state index is 12.9. The first-order valence-corrected chi connectivity index (χ1v) is 9.36. The molecule has 0 amide bonds. The van der Waals surface area contributed by atoms with Crippen molar-refractivity contribution in [1.82, 2.24) is 15.0 Å². The fraction of sp³-hybridized carbons (Fsp3) is 0.286. The van der Waals surface area contributed by atoms with Gasteiger partial charge in [-0.1, -0.05) is 12.1 Å². The van der Waals surface area contributed by atoms with Crippen molar-refractivity contribution in [2.24, 2.45) is 5.92 Å². The van der Waals surface area contributed by atoms with Gasteiger partial charge >= 0.3 is 6.18 Å². The smallest absolute Gasteiger partial charge is 0.396 e. The third kappa shape index (κ3) is 4.12. The molecule has 1 saturated heterocycles. The average molecular weight is 416 g/mol. The number of rotatable bonds is 4. The summed E-state index contributed by atoms with van der Waals surface area (Å²) >= 11 is 0. The number of aliphatic hydroxyl groups excluding tert-OH is 2. The van der Waals surface area contributed by atoms with E-state index in [1.54, 1.807) is 30.6 Å². The standard InChI is InChI=1S/C21H19F3N4O2/c22-21(23,24)16-5-3-13(4-6-16)17-8-19(28-10-15(12-29)18(30)11-28)27-20(26-17)14-2-1-7-25-9-14/h1-9,15,18,29-30H,10-12H2/t15-,18-/m1/s1. The molecule has 2 N–H and O–H groups in total. The van der Waals surface area contributed by atoms with E-state index in [9.17, 15) is 23.4 Å². The Kier molecular flexibility index (Phi) is 5.40. The number of hydrogen-bond acceptors (Lipinski definition) is 6. The van der Waals surface area contributed by atoms with Crippen LogP contribution in [0.3, 0.4) is 0 Å². The van der Waals surface area contributed by atoms with E-state index in [1.165, 1.54) is 12.1 Å². The molecule has 6 nitrogen and oxygen atoms in total. The molecule has 4 rings (SSSR count). The van der Waals surface area contributed by atoms with Gasteiger partial charge in [0, 0.05) is 48.6 Å². The molecule has 1 fully saturated rings. The van der Waals surface area contributed by atoms with Crippen molar-refractivity contribution < 1.29 is 23.4 Å². The second kappa shape index (κ2) is 8.00. The van der Waals surface area contributed by atoms with E-state index in [2.05, 4.69) is 15.0 Å². The number of aliphatic hydroxyl groups is 2. The van der Waals surface area contributed by atoms with Crippen molar-refractivity contribution in [2.45, 2.75) is 12.3 Å². The Bertz CT molecular complexity index is 1010. The number of halogens is 3. The van der Waals surface area contributed by atoms with Crippen LogP contribution in [0, 0.1) is 5.92 Å². The Hall–Kier alpha value is -3.04. The number of pyridine rings is 1. The molecule has 2 aromatic heterocycles. The molecular weight excluding hydrogens is 397 g/mol. The summed E-state index contributed by atoms with van der Waals surface area (Å²) in [5.41, 5.74) is 0.886. The fourth-order valence-electron chi connectivity index (χ4n) is 3.42. The molecule has 3 aromatic rings. The summed E-state index contributed by atoms with van der Waals surface area (Å²) < 4.78 is 38.7. The topological polar surface area (TPSA) is 82.4 Å². The molecule has 2 atom stereocenters. The van der Waals surface area contributed by atoms with Gasteiger partial charge in [-0.2, -0.15) is 13.2 Å². The lowest BCUT2D eigenvalue weighted by Gasteiger charge is -2.19. The highest BCUT2D eigenvalue weighted by Crippen LogP contribution is 2.32. The number of β-amino-alcohol motifs (C(OH)–C–C–N with tert-alkyl or cyclic N) is 1. The van der Waals surface area contributed by atoms with Crippen LogP contribution < -0.4 is 4.90 Å². The van der Waals surface area contributed by atoms with Gasteiger partial charge in [0.25, 0.3) is 0 Å². The first-order valence-electron chi connectivity index (χ1n) is 9.36. The quantitative estimate of drug-likeness (QED) is 0.681. The molecule has 0 saturated carbocycles. The molecule has 156 valence electrons. The summed E-state index contributed by atoms with van der Waals surface area (Å²) in [4.78, 5) is 15.0. The van der Waals surface area contributed by atoms with Crippen molar-refractivity contribution in [3.8, 4) is 22.6 Å². The number of aromatic nitrogens is 3. The summed E-state index contributed by atoms with van der Waals surface area (Å²) in [6.07, 6.45) is -1.89. The monoisotopic (exact) mass is 416 g/mol. The summed E-state index contributed by atoms with van der Waals surface area (Å²) in [7, 11) is 0. The van der Waals surface area contributed by atoms with Crippen LogP contribution in [-0.2, 0) is 6.18 Å². The lowest BCUT2D eigenvalue weighted by Crippen LogP contribution is -2.22. The molecule has 0 radical (unpaired) electrons. The molecule has 1 aromatic carbocycles. The summed E-state index contributed by atoms with van der Waals surface area (Å²) in [5, 5.41) is 19.6. The second-order valence-corrected chi connectivity index (χ2v) is 7.17. The van der Waals surface area contributed by atoms with Crippen LogP contribution >= 0.6 is 0 Å². The Balaban J connectivity index is 1.76. The van der Waals surface area contributed by atoms with Crippen LogP contribution in [0.25, 0.3) is 22.6 Å². The van der Waals surface area contributed by atoms with E-state index in [4.69, 9.17) is 0 Å². The molecular formula is C21H19F3N4O2. The van der Waals surface area contributed by atoms with E-state index >= 15 is 0 Å². The SMILES string of the molecule is OC[C@H]1CN(c2cc(-c3ccc(C(F)(F)F)cc3)nc(-c3cccnc3)n2)C[C@H]1O. The van der Waals surface area contributed by atoms with E-state index in [0.717, 1.165) is 12.1 Å². The molecule has 0 spiro atoms. The van der Waals surface area contributed by atoms with E-state index in [1.807, 2.05) is 4.90 Å². The largest absolute Gasteiger partial charge is 0.416 e. The number of alkyl halides is 3. The Labute approximate surface area is 170 Å². The van der Waals surface area contributed by atoms with Crippen LogP contribution in [0.15, 0.2) is 54.9 Å². The highest BCUT2D eigenvalue weighted by atomic mass is 19.4. The minimum Gasteiger partial charge on any atom is -0.396 e. The Morgan fingerprint density at radius 3 is 2.40 bits per heavy atom. The zero-order valence-corrected chi connectivity index (χ0v) is 15.8. The lowest BCUT2D eigenvalue weighted by atomic mass is 10.1. The summed E-state index contributed by atoms with van der Waals surface area (Å²) in [6, 6.07) is 9.98. The van der Waals surface area contributed by atoms with Crippen LogP contribution in [0.4, 0.5) is 19.0 Å². The van der Waals surface area contributed by atoms with Gasteiger partial charge in [0.15, 0.2) is 5.82 Å². The van der Waals surface area contributed by atoms with E-state index in [-0.39, 0.29) is 12.5 Å². The van der Waals surface area contributed by atoms with Gasteiger partial charge in [-0.25, -0.2) is 9.97 Å². The minimum absolute atomic E-state index is 0.149. The normalized spacial score (nSPS) is 19.3. The van der Waals surface area contributed by atoms with Gasteiger partial charge in [-0.3, -0.25) is 4.98 Å². The number of nitrogens with zero attached hydrogens (tertiary/aromatic N) is 4. The van der Waals surface area contributed by atoms with Crippen molar-refractivity contribution in [1.29, 1.82) is 0 Å². The van der Waals surface area contributed by atoms with Crippen molar-refractivity contribution in [2.75, 3.05) is 24.6 Å². The second-order valence-electron chi connectivity index (χ2n) is 7.17. The van der Waals surface area contributed by atoms with Crippen LogP contribution in [0.5, 0.6) is 0 Å². The first-order chi connectivity index (χ1) is 14.3. The third-order valence-electron chi connectivity index (χ3n) is 5.11. The summed E-state index contributed by atoms with van der Waals surface area (Å²) in [5.74, 6) is 0.600. The molecule has 0 unspecified atom stereocenters. The molecule has 30 heavy (non-hydrogen) atoms. The Morgan fingerprint density at radius 1 is 1.03 bits per heavy atom. The minimum atomic E-state index is -4.42. The molecule has 1 aliphatic rings. The van der Waals surface area contributed by atoms with Gasteiger partial charge in [0.05, 0.1) is 24.0 Å². The number of hydrogen-bond donors (Lipinski definition) is 2. The predicted octanol–water partition coefficient (Wildman–Crippen LogP) is 3.01. The molecule has 0 aliphatic carbocycles. The highest BCUT2D eigenvalue weighted by molar-refractivity contribution is 5.68. The predicted molar refractivity (Wildman–Crippen MR) is 104 cm³/mol. The van der Waals surface area contributed by atoms with Gasteiger partial charge in [-0.05, 0) is 24.3 Å². The van der Waals surface area contributed by atoms with Gasteiger partial charge in [0.2, 0.25) is 0 Å². The van der Waals surface area contributed by atoms with Crippen LogP contribution in [0.2, 0.25) is 0 Å². The molecule has 3 heterocycles. The average Bonchev–Trinajstić information content (AvgIpc) is 3.14. The van der Waals surface area contributed by atoms with Crippen molar-refractivity contribution in [3.05, 3.63) is 60.4 Å². The van der Waals surface area contributed by atoms with Gasteiger partial charge < -0.3 is 15.1 Å². The maximum Gasteiger partial charge on any atom is 0.416 e. The molecule has 1 aliphatic heterocycles. The molecule has 0 bridgehead atoms. The van der Waals surface area contributed by atoms with Gasteiger partial charge in [-0.15, -0.1) is 0 Å². The van der Waals surface area contributed by atoms with Crippen molar-refractivity contribution >= 4 is 5.82 Å². The van der Waals surface area contributed by atoms with Gasteiger partial charge in [0.1, 0.15) is 5.82 Å². The zero-order valence-electron chi connectivity index (χ0n) is 15.8. The Morgan fingerprint density at radius 2 is 1.80 bits per heavy atom. The summed E-state index contributed by atoms with van der Waals surface area (Å²) in [6.45, 7) is 0.554. The molecule has 9 heteroatoms. The number of benzene rings is 1. The highest BCUT2D eigenvalue weighted by Gasteiger charge is 2.32.